The van der Waals surface area contributed by atoms with E-state index in [1.165, 1.54) is 0 Å². The highest BCUT2D eigenvalue weighted by Crippen LogP contribution is 2.17. The molecule has 0 atom stereocenters. The maximum Gasteiger partial charge on any atom is 0.249 e. The Morgan fingerprint density at radius 3 is 2.19 bits per heavy atom. The van der Waals surface area contributed by atoms with Crippen LogP contribution < -0.4 is 4.74 Å². The highest BCUT2D eigenvalue weighted by Gasteiger charge is 2.23. The minimum Gasteiger partial charge on any atom is -0.497 e. The molecule has 2 amide bonds. The summed E-state index contributed by atoms with van der Waals surface area (Å²) in [6.07, 6.45) is 4.90. The summed E-state index contributed by atoms with van der Waals surface area (Å²) in [6, 6.07) is 31.8. The van der Waals surface area contributed by atoms with Gasteiger partial charge in [0, 0.05) is 31.5 Å². The lowest BCUT2D eigenvalue weighted by Crippen LogP contribution is -2.44. The molecule has 7 heteroatoms. The van der Waals surface area contributed by atoms with Gasteiger partial charge in [0.05, 0.1) is 26.8 Å². The lowest BCUT2D eigenvalue weighted by atomic mass is 10.2. The van der Waals surface area contributed by atoms with Crippen LogP contribution in [-0.4, -0.2) is 53.0 Å². The van der Waals surface area contributed by atoms with Crippen molar-refractivity contribution in [2.45, 2.75) is 52.4 Å². The van der Waals surface area contributed by atoms with Gasteiger partial charge in [-0.3, -0.25) is 9.59 Å². The van der Waals surface area contributed by atoms with Gasteiger partial charge in [-0.05, 0) is 47.4 Å². The Morgan fingerprint density at radius 2 is 1.47 bits per heavy atom. The van der Waals surface area contributed by atoms with Crippen molar-refractivity contribution in [3.63, 3.8) is 0 Å². The van der Waals surface area contributed by atoms with Crippen LogP contribution in [0.15, 0.2) is 103 Å². The molecule has 0 fully saturated rings. The van der Waals surface area contributed by atoms with E-state index in [1.807, 2.05) is 102 Å². The molecule has 4 rings (SSSR count). The quantitative estimate of drug-likeness (QED) is 0.137. The van der Waals surface area contributed by atoms with Crippen molar-refractivity contribution < 1.29 is 19.1 Å². The first-order chi connectivity index (χ1) is 21.1. The minimum absolute atomic E-state index is 0.0146. The summed E-state index contributed by atoms with van der Waals surface area (Å²) in [5.74, 6) is 0.556. The predicted molar refractivity (Wildman–Crippen MR) is 169 cm³/mol. The van der Waals surface area contributed by atoms with E-state index in [0.29, 0.717) is 32.8 Å². The fourth-order valence-corrected chi connectivity index (χ4v) is 4.98. The fourth-order valence-electron chi connectivity index (χ4n) is 4.98. The molecule has 226 valence electrons. The van der Waals surface area contributed by atoms with Crippen LogP contribution in [0.2, 0.25) is 0 Å². The van der Waals surface area contributed by atoms with Crippen molar-refractivity contribution >= 4 is 11.8 Å². The van der Waals surface area contributed by atoms with Crippen LogP contribution >= 0.6 is 0 Å². The Labute approximate surface area is 255 Å². The third kappa shape index (κ3) is 10.1. The summed E-state index contributed by atoms with van der Waals surface area (Å²) in [5.41, 5.74) is 4.18. The highest BCUT2D eigenvalue weighted by molar-refractivity contribution is 5.85. The van der Waals surface area contributed by atoms with Crippen molar-refractivity contribution in [1.29, 1.82) is 0 Å². The lowest BCUT2D eigenvalue weighted by molar-refractivity contribution is -0.144. The van der Waals surface area contributed by atoms with E-state index in [2.05, 4.69) is 17.6 Å². The summed E-state index contributed by atoms with van der Waals surface area (Å²) < 4.78 is 13.3. The molecule has 0 saturated carbocycles. The second kappa shape index (κ2) is 16.9. The van der Waals surface area contributed by atoms with Gasteiger partial charge >= 0.3 is 0 Å². The molecular weight excluding hydrogens is 538 g/mol. The number of carbonyl (C=O) groups is 2. The number of methoxy groups -OCH3 is 1. The smallest absolute Gasteiger partial charge is 0.249 e. The summed E-state index contributed by atoms with van der Waals surface area (Å²) in [4.78, 5) is 30.7. The number of amides is 2. The largest absolute Gasteiger partial charge is 0.497 e. The van der Waals surface area contributed by atoms with Crippen molar-refractivity contribution in [3.05, 3.63) is 126 Å². The van der Waals surface area contributed by atoms with Crippen LogP contribution in [0, 0.1) is 0 Å². The number of hydrogen-bond donors (Lipinski definition) is 0. The SMILES string of the molecule is CCCCCN(CC(=O)N(Cc1ccccc1)Cc1cccn1Cc1cccc(OC)c1)C(=O)COCc1ccccc1. The van der Waals surface area contributed by atoms with Crippen LogP contribution in [0.5, 0.6) is 5.75 Å². The Hall–Kier alpha value is -4.36. The molecule has 0 aliphatic rings. The number of nitrogens with zero attached hydrogens (tertiary/aromatic N) is 3. The topological polar surface area (TPSA) is 64.0 Å². The molecule has 1 aromatic heterocycles. The second-order valence-corrected chi connectivity index (χ2v) is 10.7. The molecule has 7 nitrogen and oxygen atoms in total. The van der Waals surface area contributed by atoms with Gasteiger partial charge in [0.15, 0.2) is 0 Å². The molecule has 4 aromatic rings. The summed E-state index contributed by atoms with van der Waals surface area (Å²) in [6.45, 7) is 4.50. The molecule has 0 bridgehead atoms. The molecule has 1 heterocycles. The maximum atomic E-state index is 13.9. The van der Waals surface area contributed by atoms with Crippen LogP contribution in [0.1, 0.15) is 48.6 Å². The van der Waals surface area contributed by atoms with Gasteiger partial charge in [-0.25, -0.2) is 0 Å². The molecule has 0 unspecified atom stereocenters. The van der Waals surface area contributed by atoms with Gasteiger partial charge in [0.25, 0.3) is 0 Å². The maximum absolute atomic E-state index is 13.9. The van der Waals surface area contributed by atoms with Crippen molar-refractivity contribution in [3.8, 4) is 5.75 Å². The van der Waals surface area contributed by atoms with Gasteiger partial charge in [-0.15, -0.1) is 0 Å². The summed E-state index contributed by atoms with van der Waals surface area (Å²) >= 11 is 0. The first kappa shape index (κ1) is 31.6. The molecule has 0 aliphatic carbocycles. The normalized spacial score (nSPS) is 10.8. The average Bonchev–Trinajstić information content (AvgIpc) is 3.47. The molecule has 0 spiro atoms. The number of ether oxygens (including phenoxy) is 2. The van der Waals surface area contributed by atoms with Crippen molar-refractivity contribution in [1.82, 2.24) is 14.4 Å². The first-order valence-corrected chi connectivity index (χ1v) is 15.0. The monoisotopic (exact) mass is 581 g/mol. The van der Waals surface area contributed by atoms with E-state index in [0.717, 1.165) is 47.4 Å². The summed E-state index contributed by atoms with van der Waals surface area (Å²) in [7, 11) is 1.67. The standard InChI is InChI=1S/C36H43N3O4/c1-3-4-11-21-38(36(41)29-43-28-31-16-9-6-10-17-31)27-35(40)39(24-30-14-7-5-8-15-30)26-33-19-13-22-37(33)25-32-18-12-20-34(23-32)42-2/h5-10,12-20,22-23H,3-4,11,21,24-29H2,1-2H3. The van der Waals surface area contributed by atoms with Crippen LogP contribution in [0.25, 0.3) is 0 Å². The zero-order valence-corrected chi connectivity index (χ0v) is 25.4. The molecule has 0 saturated heterocycles. The highest BCUT2D eigenvalue weighted by atomic mass is 16.5. The van der Waals surface area contributed by atoms with E-state index in [4.69, 9.17) is 9.47 Å². The fraction of sp³-hybridized carbons (Fsp3) is 0.333. The van der Waals surface area contributed by atoms with Crippen molar-refractivity contribution in [2.75, 3.05) is 26.8 Å². The van der Waals surface area contributed by atoms with Crippen LogP contribution in [0.4, 0.5) is 0 Å². The Balaban J connectivity index is 1.48. The van der Waals surface area contributed by atoms with Gasteiger partial charge < -0.3 is 23.8 Å². The predicted octanol–water partition coefficient (Wildman–Crippen LogP) is 6.31. The molecule has 0 radical (unpaired) electrons. The summed E-state index contributed by atoms with van der Waals surface area (Å²) in [5, 5.41) is 0. The number of aromatic nitrogens is 1. The zero-order valence-electron chi connectivity index (χ0n) is 25.4. The number of hydrogen-bond acceptors (Lipinski definition) is 4. The average molecular weight is 582 g/mol. The van der Waals surface area contributed by atoms with Gasteiger partial charge in [-0.1, -0.05) is 92.6 Å². The van der Waals surface area contributed by atoms with E-state index in [1.54, 1.807) is 12.0 Å². The molecule has 43 heavy (non-hydrogen) atoms. The Morgan fingerprint density at radius 1 is 0.744 bits per heavy atom. The number of rotatable bonds is 17. The van der Waals surface area contributed by atoms with Gasteiger partial charge in [0.1, 0.15) is 12.4 Å². The van der Waals surface area contributed by atoms with Crippen LogP contribution in [-0.2, 0) is 40.6 Å². The van der Waals surface area contributed by atoms with Crippen LogP contribution in [0.3, 0.4) is 0 Å². The van der Waals surface area contributed by atoms with E-state index in [9.17, 15) is 9.59 Å². The number of unbranched alkanes of at least 4 members (excludes halogenated alkanes) is 2. The number of carbonyl (C=O) groups excluding carboxylic acids is 2. The molecule has 0 aliphatic heterocycles. The van der Waals surface area contributed by atoms with Crippen molar-refractivity contribution in [2.24, 2.45) is 0 Å². The van der Waals surface area contributed by atoms with E-state index >= 15 is 0 Å². The molecule has 3 aromatic carbocycles. The second-order valence-electron chi connectivity index (χ2n) is 10.7. The van der Waals surface area contributed by atoms with E-state index < -0.39 is 0 Å². The molecule has 0 N–H and O–H groups in total. The van der Waals surface area contributed by atoms with Gasteiger partial charge in [0.2, 0.25) is 11.8 Å². The zero-order chi connectivity index (χ0) is 30.3. The third-order valence-corrected chi connectivity index (χ3v) is 7.38. The molecular formula is C36H43N3O4. The number of benzene rings is 3. The lowest BCUT2D eigenvalue weighted by Gasteiger charge is -2.28. The Bertz CT molecular complexity index is 1400. The first-order valence-electron chi connectivity index (χ1n) is 15.0. The Kier molecular flexibility index (Phi) is 12.4. The minimum atomic E-state index is -0.165. The van der Waals surface area contributed by atoms with Gasteiger partial charge in [-0.2, -0.15) is 0 Å². The van der Waals surface area contributed by atoms with E-state index in [-0.39, 0.29) is 25.0 Å². The third-order valence-electron chi connectivity index (χ3n) is 7.38.